The van der Waals surface area contributed by atoms with Gasteiger partial charge in [-0.3, -0.25) is 14.7 Å². The minimum Gasteiger partial charge on any atom is -0.490 e. The fraction of sp³-hybridized carbons (Fsp3) is 0.238. The Bertz CT molecular complexity index is 977. The number of carbonyl (C=O) groups excluding carboxylic acids is 1. The third-order valence-corrected chi connectivity index (χ3v) is 6.27. The van der Waals surface area contributed by atoms with Gasteiger partial charge >= 0.3 is 0 Å². The lowest BCUT2D eigenvalue weighted by atomic mass is 10.1. The van der Waals surface area contributed by atoms with Gasteiger partial charge in [0, 0.05) is 17.7 Å². The maximum Gasteiger partial charge on any atom is 0.266 e. The monoisotopic (exact) mass is 542 g/mol. The van der Waals surface area contributed by atoms with E-state index in [4.69, 9.17) is 21.1 Å². The van der Waals surface area contributed by atoms with Gasteiger partial charge in [-0.05, 0) is 82.7 Å². The first-order valence-electron chi connectivity index (χ1n) is 8.91. The van der Waals surface area contributed by atoms with Crippen LogP contribution in [0.25, 0.3) is 6.08 Å². The van der Waals surface area contributed by atoms with E-state index in [0.29, 0.717) is 39.8 Å². The summed E-state index contributed by atoms with van der Waals surface area (Å²) in [5.74, 6) is 0.946. The number of rotatable bonds is 6. The lowest BCUT2D eigenvalue weighted by Gasteiger charge is -2.15. The molecule has 2 aromatic rings. The Morgan fingerprint density at radius 1 is 1.24 bits per heavy atom. The van der Waals surface area contributed by atoms with Crippen LogP contribution in [0.3, 0.4) is 0 Å². The molecule has 1 saturated heterocycles. The van der Waals surface area contributed by atoms with E-state index >= 15 is 0 Å². The third-order valence-electron chi connectivity index (χ3n) is 4.12. The highest BCUT2D eigenvalue weighted by molar-refractivity contribution is 14.1. The molecule has 2 aromatic carbocycles. The molecule has 0 N–H and O–H groups in total. The zero-order valence-corrected chi connectivity index (χ0v) is 20.0. The molecule has 1 heterocycles. The summed E-state index contributed by atoms with van der Waals surface area (Å²) in [5, 5.41) is 1.09. The molecule has 152 valence electrons. The van der Waals surface area contributed by atoms with Gasteiger partial charge in [0.05, 0.1) is 16.5 Å². The van der Waals surface area contributed by atoms with E-state index < -0.39 is 0 Å². The van der Waals surface area contributed by atoms with E-state index in [2.05, 4.69) is 27.6 Å². The first-order valence-corrected chi connectivity index (χ1v) is 11.2. The lowest BCUT2D eigenvalue weighted by molar-refractivity contribution is -0.121. The second kappa shape index (κ2) is 9.86. The van der Waals surface area contributed by atoms with Gasteiger partial charge in [-0.15, -0.1) is 0 Å². The van der Waals surface area contributed by atoms with Crippen molar-refractivity contribution in [2.24, 2.45) is 4.99 Å². The van der Waals surface area contributed by atoms with Gasteiger partial charge in [0.15, 0.2) is 16.7 Å². The van der Waals surface area contributed by atoms with Crippen molar-refractivity contribution in [2.45, 2.75) is 13.5 Å². The number of amidine groups is 1. The number of carbonyl (C=O) groups is 1. The molecule has 0 radical (unpaired) electrons. The molecule has 0 saturated carbocycles. The summed E-state index contributed by atoms with van der Waals surface area (Å²) in [7, 11) is 3.37. The number of hydrogen-bond donors (Lipinski definition) is 0. The number of thioether (sulfide) groups is 1. The van der Waals surface area contributed by atoms with Crippen LogP contribution in [-0.4, -0.2) is 36.7 Å². The second-order valence-corrected chi connectivity index (χ2v) is 8.82. The highest BCUT2D eigenvalue weighted by Crippen LogP contribution is 2.39. The van der Waals surface area contributed by atoms with E-state index in [-0.39, 0.29) is 5.91 Å². The van der Waals surface area contributed by atoms with Gasteiger partial charge in [-0.1, -0.05) is 23.7 Å². The Morgan fingerprint density at radius 2 is 1.97 bits per heavy atom. The Balaban J connectivity index is 1.87. The average Bonchev–Trinajstić information content (AvgIpc) is 2.97. The van der Waals surface area contributed by atoms with Crippen LogP contribution in [0, 0.1) is 3.57 Å². The van der Waals surface area contributed by atoms with Gasteiger partial charge in [0.25, 0.3) is 5.91 Å². The van der Waals surface area contributed by atoms with Crippen molar-refractivity contribution in [1.82, 2.24) is 4.90 Å². The SMILES string of the molecule is CCOc1cc(/C=C2/SC(=NC)N(C)C2=O)cc(Cl)c1OCc1ccc(I)cc1. The molecular weight excluding hydrogens is 523 g/mol. The lowest BCUT2D eigenvalue weighted by Crippen LogP contribution is -2.23. The summed E-state index contributed by atoms with van der Waals surface area (Å²) in [6.07, 6.45) is 1.79. The predicted molar refractivity (Wildman–Crippen MR) is 128 cm³/mol. The number of halogens is 2. The fourth-order valence-electron chi connectivity index (χ4n) is 2.71. The molecule has 1 aliphatic heterocycles. The Kier molecular flexibility index (Phi) is 7.48. The maximum atomic E-state index is 12.4. The largest absolute Gasteiger partial charge is 0.490 e. The zero-order chi connectivity index (χ0) is 21.0. The summed E-state index contributed by atoms with van der Waals surface area (Å²) in [6.45, 7) is 2.75. The van der Waals surface area contributed by atoms with E-state index in [0.717, 1.165) is 14.7 Å². The van der Waals surface area contributed by atoms with Crippen LogP contribution in [0.1, 0.15) is 18.1 Å². The molecule has 1 amide bonds. The molecule has 1 aliphatic rings. The minimum atomic E-state index is -0.0938. The predicted octanol–water partition coefficient (Wildman–Crippen LogP) is 5.45. The molecule has 0 bridgehead atoms. The smallest absolute Gasteiger partial charge is 0.266 e. The normalized spacial score (nSPS) is 16.7. The molecule has 8 heteroatoms. The number of amides is 1. The van der Waals surface area contributed by atoms with Crippen LogP contribution >= 0.6 is 46.0 Å². The highest BCUT2D eigenvalue weighted by atomic mass is 127. The van der Waals surface area contributed by atoms with Crippen molar-refractivity contribution in [1.29, 1.82) is 0 Å². The summed E-state index contributed by atoms with van der Waals surface area (Å²) in [4.78, 5) is 18.6. The molecule has 0 unspecified atom stereocenters. The van der Waals surface area contributed by atoms with Crippen LogP contribution < -0.4 is 9.47 Å². The van der Waals surface area contributed by atoms with Gasteiger partial charge < -0.3 is 9.47 Å². The number of nitrogens with zero attached hydrogens (tertiary/aromatic N) is 2. The molecule has 1 fully saturated rings. The van der Waals surface area contributed by atoms with Crippen LogP contribution in [0.4, 0.5) is 0 Å². The van der Waals surface area contributed by atoms with Crippen molar-refractivity contribution in [2.75, 3.05) is 20.7 Å². The Labute approximate surface area is 193 Å². The van der Waals surface area contributed by atoms with Gasteiger partial charge in [0.1, 0.15) is 6.61 Å². The van der Waals surface area contributed by atoms with Crippen LogP contribution in [-0.2, 0) is 11.4 Å². The topological polar surface area (TPSA) is 51.1 Å². The molecule has 3 rings (SSSR count). The number of likely N-dealkylation sites (N-methyl/N-ethyl adjacent to an activating group) is 1. The fourth-order valence-corrected chi connectivity index (χ4v) is 4.27. The number of benzene rings is 2. The van der Waals surface area contributed by atoms with Crippen LogP contribution in [0.5, 0.6) is 11.5 Å². The maximum absolute atomic E-state index is 12.4. The Hall–Kier alpha value is -1.71. The van der Waals surface area contributed by atoms with Crippen LogP contribution in [0.15, 0.2) is 46.3 Å². The average molecular weight is 543 g/mol. The quantitative estimate of drug-likeness (QED) is 0.360. The van der Waals surface area contributed by atoms with E-state index in [9.17, 15) is 4.79 Å². The van der Waals surface area contributed by atoms with E-state index in [1.165, 1.54) is 16.7 Å². The van der Waals surface area contributed by atoms with Gasteiger partial charge in [-0.25, -0.2) is 0 Å². The first-order chi connectivity index (χ1) is 13.9. The molecule has 0 atom stereocenters. The molecule has 0 spiro atoms. The molecule has 0 aromatic heterocycles. The molecule has 0 aliphatic carbocycles. The van der Waals surface area contributed by atoms with Crippen molar-refractivity contribution < 1.29 is 14.3 Å². The van der Waals surface area contributed by atoms with Crippen molar-refractivity contribution in [3.63, 3.8) is 0 Å². The highest BCUT2D eigenvalue weighted by Gasteiger charge is 2.29. The summed E-state index contributed by atoms with van der Waals surface area (Å²) in [6, 6.07) is 11.7. The standard InChI is InChI=1S/C21H20ClIN2O3S/c1-4-27-17-10-14(11-18-20(26)25(3)21(24-2)29-18)9-16(22)19(17)28-12-13-5-7-15(23)8-6-13/h5-11H,4,12H2,1-3H3/b18-11+,24-21?. The van der Waals surface area contributed by atoms with Crippen LogP contribution in [0.2, 0.25) is 5.02 Å². The first kappa shape index (κ1) is 22.0. The molecule has 29 heavy (non-hydrogen) atoms. The van der Waals surface area contributed by atoms with Gasteiger partial charge in [-0.2, -0.15) is 0 Å². The van der Waals surface area contributed by atoms with Crippen molar-refractivity contribution >= 4 is 63.1 Å². The third kappa shape index (κ3) is 5.26. The summed E-state index contributed by atoms with van der Waals surface area (Å²) >= 11 is 10.1. The Morgan fingerprint density at radius 3 is 2.59 bits per heavy atom. The minimum absolute atomic E-state index is 0.0938. The second-order valence-electron chi connectivity index (χ2n) is 6.16. The zero-order valence-electron chi connectivity index (χ0n) is 16.2. The summed E-state index contributed by atoms with van der Waals surface area (Å²) in [5.41, 5.74) is 1.80. The summed E-state index contributed by atoms with van der Waals surface area (Å²) < 4.78 is 12.9. The van der Waals surface area contributed by atoms with Crippen molar-refractivity contribution in [3.05, 3.63) is 61.0 Å². The molecule has 5 nitrogen and oxygen atoms in total. The molecular formula is C21H20ClIN2O3S. The van der Waals surface area contributed by atoms with Gasteiger partial charge in [0.2, 0.25) is 0 Å². The number of ether oxygens (including phenoxy) is 2. The number of hydrogen-bond acceptors (Lipinski definition) is 5. The number of aliphatic imine (C=N–C) groups is 1. The van der Waals surface area contributed by atoms with E-state index in [1.54, 1.807) is 26.2 Å². The van der Waals surface area contributed by atoms with Crippen molar-refractivity contribution in [3.8, 4) is 11.5 Å². The van der Waals surface area contributed by atoms with E-state index in [1.807, 2.05) is 37.3 Å².